The molecule has 2 aromatic rings. The van der Waals surface area contributed by atoms with Crippen molar-refractivity contribution in [1.82, 2.24) is 9.88 Å². The van der Waals surface area contributed by atoms with E-state index in [-0.39, 0.29) is 29.9 Å². The molecule has 0 unspecified atom stereocenters. The van der Waals surface area contributed by atoms with E-state index in [1.165, 1.54) is 12.3 Å². The molecule has 1 atom stereocenters. The molecule has 110 valence electrons. The predicted octanol–water partition coefficient (Wildman–Crippen LogP) is 1.39. The molecule has 6 nitrogen and oxygen atoms in total. The van der Waals surface area contributed by atoms with Crippen LogP contribution in [0.5, 0.6) is 0 Å². The lowest BCUT2D eigenvalue weighted by molar-refractivity contribution is 0.431. The standard InChI is InChI=1S/C12H15N3O3S.ClH/c1-9(8-13)15-19(16,17)12-5-3-2-4-10(12)11-6-7-14-18-11;/h2-7,9,15H,8,13H2,1H3;1H/t9-;/m0./s1. The van der Waals surface area contributed by atoms with Crippen LogP contribution in [0.4, 0.5) is 0 Å². The van der Waals surface area contributed by atoms with Gasteiger partial charge in [0.1, 0.15) is 0 Å². The Labute approximate surface area is 123 Å². The van der Waals surface area contributed by atoms with E-state index in [1.807, 2.05) is 0 Å². The summed E-state index contributed by atoms with van der Waals surface area (Å²) in [6, 6.07) is 7.85. The molecule has 0 spiro atoms. The summed E-state index contributed by atoms with van der Waals surface area (Å²) >= 11 is 0. The molecule has 0 saturated carbocycles. The van der Waals surface area contributed by atoms with Crippen LogP contribution in [0.2, 0.25) is 0 Å². The van der Waals surface area contributed by atoms with Crippen molar-refractivity contribution in [3.63, 3.8) is 0 Å². The van der Waals surface area contributed by atoms with E-state index in [0.717, 1.165) is 0 Å². The van der Waals surface area contributed by atoms with E-state index in [4.69, 9.17) is 10.3 Å². The lowest BCUT2D eigenvalue weighted by Crippen LogP contribution is -2.37. The molecule has 1 heterocycles. The van der Waals surface area contributed by atoms with E-state index in [1.54, 1.807) is 31.2 Å². The fourth-order valence-corrected chi connectivity index (χ4v) is 3.10. The van der Waals surface area contributed by atoms with Gasteiger partial charge in [0, 0.05) is 24.2 Å². The van der Waals surface area contributed by atoms with Gasteiger partial charge in [0.05, 0.1) is 11.1 Å². The van der Waals surface area contributed by atoms with Crippen molar-refractivity contribution in [2.75, 3.05) is 6.54 Å². The van der Waals surface area contributed by atoms with E-state index in [2.05, 4.69) is 9.88 Å². The van der Waals surface area contributed by atoms with Gasteiger partial charge in [0.15, 0.2) is 5.76 Å². The van der Waals surface area contributed by atoms with Crippen LogP contribution in [-0.2, 0) is 10.0 Å². The number of hydrogen-bond donors (Lipinski definition) is 2. The Balaban J connectivity index is 0.00000200. The van der Waals surface area contributed by atoms with Crippen LogP contribution in [0.3, 0.4) is 0 Å². The minimum atomic E-state index is -3.65. The highest BCUT2D eigenvalue weighted by Gasteiger charge is 2.22. The van der Waals surface area contributed by atoms with E-state index >= 15 is 0 Å². The first-order valence-corrected chi connectivity index (χ1v) is 7.25. The zero-order valence-corrected chi connectivity index (χ0v) is 12.4. The molecule has 8 heteroatoms. The fourth-order valence-electron chi connectivity index (χ4n) is 1.64. The molecule has 20 heavy (non-hydrogen) atoms. The van der Waals surface area contributed by atoms with Crippen LogP contribution in [0.15, 0.2) is 45.9 Å². The maximum Gasteiger partial charge on any atom is 0.241 e. The largest absolute Gasteiger partial charge is 0.356 e. The lowest BCUT2D eigenvalue weighted by atomic mass is 10.2. The van der Waals surface area contributed by atoms with Gasteiger partial charge in [0.2, 0.25) is 10.0 Å². The third-order valence-corrected chi connectivity index (χ3v) is 4.24. The van der Waals surface area contributed by atoms with Crippen LogP contribution < -0.4 is 10.5 Å². The molecule has 0 bridgehead atoms. The number of nitrogens with two attached hydrogens (primary N) is 1. The Kier molecular flexibility index (Phi) is 5.70. The fraction of sp³-hybridized carbons (Fsp3) is 0.250. The van der Waals surface area contributed by atoms with Crippen molar-refractivity contribution < 1.29 is 12.9 Å². The highest BCUT2D eigenvalue weighted by atomic mass is 35.5. The summed E-state index contributed by atoms with van der Waals surface area (Å²) in [6.07, 6.45) is 1.47. The number of halogens is 1. The minimum absolute atomic E-state index is 0. The second-order valence-electron chi connectivity index (χ2n) is 4.13. The number of sulfonamides is 1. The van der Waals surface area contributed by atoms with Gasteiger partial charge in [0.25, 0.3) is 0 Å². The van der Waals surface area contributed by atoms with Crippen molar-refractivity contribution in [1.29, 1.82) is 0 Å². The first kappa shape index (κ1) is 16.6. The van der Waals surface area contributed by atoms with Crippen LogP contribution in [0, 0.1) is 0 Å². The molecular formula is C12H16ClN3O3S. The molecule has 0 aliphatic carbocycles. The Morgan fingerprint density at radius 1 is 1.35 bits per heavy atom. The predicted molar refractivity (Wildman–Crippen MR) is 78.0 cm³/mol. The molecule has 0 fully saturated rings. The summed E-state index contributed by atoms with van der Waals surface area (Å²) in [5, 5.41) is 3.59. The monoisotopic (exact) mass is 317 g/mol. The topological polar surface area (TPSA) is 98.2 Å². The second kappa shape index (κ2) is 6.85. The Morgan fingerprint density at radius 3 is 2.65 bits per heavy atom. The average Bonchev–Trinajstić information content (AvgIpc) is 2.92. The van der Waals surface area contributed by atoms with Crippen molar-refractivity contribution in [3.05, 3.63) is 36.5 Å². The zero-order valence-electron chi connectivity index (χ0n) is 10.8. The number of rotatable bonds is 5. The molecule has 0 amide bonds. The number of nitrogens with zero attached hydrogens (tertiary/aromatic N) is 1. The maximum atomic E-state index is 12.3. The van der Waals surface area contributed by atoms with Crippen molar-refractivity contribution in [2.24, 2.45) is 5.73 Å². The average molecular weight is 318 g/mol. The van der Waals surface area contributed by atoms with Crippen LogP contribution in [-0.4, -0.2) is 26.2 Å². The van der Waals surface area contributed by atoms with E-state index in [0.29, 0.717) is 11.3 Å². The first-order valence-electron chi connectivity index (χ1n) is 5.77. The number of aromatic nitrogens is 1. The molecule has 1 aromatic heterocycles. The molecule has 3 N–H and O–H groups in total. The van der Waals surface area contributed by atoms with Gasteiger partial charge in [-0.2, -0.15) is 0 Å². The molecule has 0 saturated heterocycles. The second-order valence-corrected chi connectivity index (χ2v) is 5.81. The van der Waals surface area contributed by atoms with Gasteiger partial charge in [-0.1, -0.05) is 17.3 Å². The van der Waals surface area contributed by atoms with Gasteiger partial charge in [-0.15, -0.1) is 12.4 Å². The van der Waals surface area contributed by atoms with Gasteiger partial charge in [-0.05, 0) is 19.1 Å². The Morgan fingerprint density at radius 2 is 2.05 bits per heavy atom. The van der Waals surface area contributed by atoms with Crippen LogP contribution in [0.25, 0.3) is 11.3 Å². The summed E-state index contributed by atoms with van der Waals surface area (Å²) in [7, 11) is -3.65. The van der Waals surface area contributed by atoms with Gasteiger partial charge in [-0.25, -0.2) is 13.1 Å². The number of benzene rings is 1. The molecular weight excluding hydrogens is 302 g/mol. The summed E-state index contributed by atoms with van der Waals surface area (Å²) < 4.78 is 32.1. The van der Waals surface area contributed by atoms with Crippen molar-refractivity contribution in [3.8, 4) is 11.3 Å². The minimum Gasteiger partial charge on any atom is -0.356 e. The Bertz CT molecular complexity index is 644. The Hall–Kier alpha value is -1.41. The first-order chi connectivity index (χ1) is 9.04. The summed E-state index contributed by atoms with van der Waals surface area (Å²) in [4.78, 5) is 0.145. The smallest absolute Gasteiger partial charge is 0.241 e. The molecule has 0 aliphatic heterocycles. The SMILES string of the molecule is C[C@@H](CN)NS(=O)(=O)c1ccccc1-c1ccno1.Cl. The quantitative estimate of drug-likeness (QED) is 0.868. The summed E-state index contributed by atoms with van der Waals surface area (Å²) in [6.45, 7) is 1.93. The summed E-state index contributed by atoms with van der Waals surface area (Å²) in [5.74, 6) is 0.404. The van der Waals surface area contributed by atoms with Crippen molar-refractivity contribution in [2.45, 2.75) is 17.9 Å². The third kappa shape index (κ3) is 3.57. The van der Waals surface area contributed by atoms with Gasteiger partial charge in [-0.3, -0.25) is 0 Å². The molecule has 0 radical (unpaired) electrons. The zero-order chi connectivity index (χ0) is 13.9. The maximum absolute atomic E-state index is 12.3. The van der Waals surface area contributed by atoms with Crippen LogP contribution in [0.1, 0.15) is 6.92 Å². The lowest BCUT2D eigenvalue weighted by Gasteiger charge is -2.13. The normalized spacial score (nSPS) is 12.7. The molecule has 2 rings (SSSR count). The molecule has 1 aromatic carbocycles. The third-order valence-electron chi connectivity index (χ3n) is 2.59. The molecule has 0 aliphatic rings. The van der Waals surface area contributed by atoms with E-state index in [9.17, 15) is 8.42 Å². The highest BCUT2D eigenvalue weighted by molar-refractivity contribution is 7.89. The highest BCUT2D eigenvalue weighted by Crippen LogP contribution is 2.26. The number of hydrogen-bond acceptors (Lipinski definition) is 5. The van der Waals surface area contributed by atoms with Crippen LogP contribution >= 0.6 is 12.4 Å². The van der Waals surface area contributed by atoms with Gasteiger partial charge < -0.3 is 10.3 Å². The summed E-state index contributed by atoms with van der Waals surface area (Å²) in [5.41, 5.74) is 5.90. The van der Waals surface area contributed by atoms with Gasteiger partial charge >= 0.3 is 0 Å². The van der Waals surface area contributed by atoms with Crippen molar-refractivity contribution >= 4 is 22.4 Å². The van der Waals surface area contributed by atoms with E-state index < -0.39 is 10.0 Å². The number of nitrogens with one attached hydrogen (secondary N) is 1.